The minimum Gasteiger partial charge on any atom is -0.321 e. The topological polar surface area (TPSA) is 100 Å². The van der Waals surface area contributed by atoms with Crippen molar-refractivity contribution in [3.8, 4) is 11.3 Å². The Kier molecular flexibility index (Phi) is 11.6. The Morgan fingerprint density at radius 2 is 1.43 bits per heavy atom. The summed E-state index contributed by atoms with van der Waals surface area (Å²) in [6.45, 7) is 0. The van der Waals surface area contributed by atoms with Gasteiger partial charge in [0, 0.05) is 37.7 Å². The zero-order valence-electron chi connectivity index (χ0n) is 26.5. The maximum Gasteiger partial charge on any atom is 0.272 e. The Balaban J connectivity index is 1.19. The Labute approximate surface area is 311 Å². The van der Waals surface area contributed by atoms with Crippen molar-refractivity contribution in [2.24, 2.45) is 0 Å². The summed E-state index contributed by atoms with van der Waals surface area (Å²) >= 11 is 15.2. The molecule has 0 fully saturated rings. The molecule has 0 saturated heterocycles. The first-order valence-electron chi connectivity index (χ1n) is 15.4. The summed E-state index contributed by atoms with van der Waals surface area (Å²) in [6, 6.07) is 36.1. The summed E-state index contributed by atoms with van der Waals surface area (Å²) < 4.78 is 14.7. The highest BCUT2D eigenvalue weighted by Crippen LogP contribution is 2.38. The van der Waals surface area contributed by atoms with E-state index in [1.807, 2.05) is 53.9 Å². The van der Waals surface area contributed by atoms with Gasteiger partial charge in [-0.2, -0.15) is 0 Å². The van der Waals surface area contributed by atoms with Crippen molar-refractivity contribution in [2.45, 2.75) is 10.1 Å². The van der Waals surface area contributed by atoms with Gasteiger partial charge in [-0.15, -0.1) is 23.1 Å². The number of halogens is 3. The van der Waals surface area contributed by atoms with Gasteiger partial charge in [0.2, 0.25) is 5.91 Å². The summed E-state index contributed by atoms with van der Waals surface area (Å²) in [5.74, 6) is -2.17. The molecular weight excluding hydrogens is 726 g/mol. The number of aromatic nitrogens is 1. The Hall–Kier alpha value is -5.26. The molecule has 6 rings (SSSR count). The van der Waals surface area contributed by atoms with Crippen LogP contribution >= 0.6 is 46.3 Å². The highest BCUT2D eigenvalue weighted by molar-refractivity contribution is 8.00. The lowest BCUT2D eigenvalue weighted by atomic mass is 10.1. The molecule has 0 aliphatic rings. The maximum absolute atomic E-state index is 14.7. The minimum atomic E-state index is -0.694. The van der Waals surface area contributed by atoms with Crippen molar-refractivity contribution in [3.63, 3.8) is 0 Å². The van der Waals surface area contributed by atoms with Gasteiger partial charge in [0.05, 0.1) is 10.7 Å². The Bertz CT molecular complexity index is 2200. The van der Waals surface area contributed by atoms with Crippen LogP contribution in [0.4, 0.5) is 15.2 Å². The second-order valence-electron chi connectivity index (χ2n) is 10.9. The van der Waals surface area contributed by atoms with Crippen LogP contribution in [-0.4, -0.2) is 22.7 Å². The second-order valence-corrected chi connectivity index (χ2v) is 13.8. The molecule has 3 N–H and O–H groups in total. The number of thioether (sulfide) groups is 1. The number of anilines is 2. The lowest BCUT2D eigenvalue weighted by Gasteiger charge is -2.17. The quantitative estimate of drug-likeness (QED) is 0.0904. The molecule has 0 aliphatic carbocycles. The molecule has 1 aromatic heterocycles. The number of hydrogen-bond donors (Lipinski definition) is 3. The lowest BCUT2D eigenvalue weighted by molar-refractivity contribution is -0.116. The van der Waals surface area contributed by atoms with Crippen LogP contribution in [0.1, 0.15) is 26.7 Å². The van der Waals surface area contributed by atoms with Crippen LogP contribution in [0.15, 0.2) is 143 Å². The van der Waals surface area contributed by atoms with Gasteiger partial charge in [-0.1, -0.05) is 96.0 Å². The largest absolute Gasteiger partial charge is 0.321 e. The molecule has 5 aromatic carbocycles. The lowest BCUT2D eigenvalue weighted by Crippen LogP contribution is -2.30. The molecule has 6 aromatic rings. The molecule has 254 valence electrons. The number of hydrogen-bond acceptors (Lipinski definition) is 6. The normalized spacial score (nSPS) is 11.8. The Morgan fingerprint density at radius 1 is 0.765 bits per heavy atom. The molecule has 12 heteroatoms. The number of carbonyl (C=O) groups is 3. The van der Waals surface area contributed by atoms with E-state index in [-0.39, 0.29) is 22.2 Å². The fourth-order valence-electron chi connectivity index (χ4n) is 4.88. The van der Waals surface area contributed by atoms with Gasteiger partial charge < -0.3 is 16.0 Å². The van der Waals surface area contributed by atoms with Crippen molar-refractivity contribution >= 4 is 80.9 Å². The molecular formula is C39H27Cl2FN4O3S2. The molecule has 0 spiro atoms. The number of thiazole rings is 1. The third-order valence-corrected chi connectivity index (χ3v) is 10.1. The molecule has 7 nitrogen and oxygen atoms in total. The summed E-state index contributed by atoms with van der Waals surface area (Å²) in [5.41, 5.74) is 2.68. The molecule has 0 aliphatic heterocycles. The number of benzene rings is 5. The van der Waals surface area contributed by atoms with E-state index in [1.165, 1.54) is 47.4 Å². The molecule has 1 atom stereocenters. The van der Waals surface area contributed by atoms with E-state index < -0.39 is 22.9 Å². The van der Waals surface area contributed by atoms with Crippen LogP contribution < -0.4 is 16.0 Å². The van der Waals surface area contributed by atoms with Gasteiger partial charge in [-0.3, -0.25) is 14.4 Å². The summed E-state index contributed by atoms with van der Waals surface area (Å²) in [6.07, 6.45) is 1.20. The smallest absolute Gasteiger partial charge is 0.272 e. The Morgan fingerprint density at radius 3 is 2.14 bits per heavy atom. The molecule has 1 unspecified atom stereocenters. The summed E-state index contributed by atoms with van der Waals surface area (Å²) in [5, 5.41) is 10.6. The third kappa shape index (κ3) is 9.11. The first-order chi connectivity index (χ1) is 24.7. The van der Waals surface area contributed by atoms with E-state index in [0.717, 1.165) is 16.0 Å². The van der Waals surface area contributed by atoms with E-state index in [4.69, 9.17) is 23.2 Å². The first-order valence-corrected chi connectivity index (χ1v) is 17.9. The molecule has 0 bridgehead atoms. The number of nitrogens with zero attached hydrogens (tertiary/aromatic N) is 1. The van der Waals surface area contributed by atoms with Crippen molar-refractivity contribution in [1.29, 1.82) is 0 Å². The summed E-state index contributed by atoms with van der Waals surface area (Å²) in [4.78, 5) is 45.5. The van der Waals surface area contributed by atoms with Crippen molar-refractivity contribution in [1.82, 2.24) is 10.3 Å². The number of amides is 3. The van der Waals surface area contributed by atoms with Gasteiger partial charge in [-0.25, -0.2) is 9.37 Å². The highest BCUT2D eigenvalue weighted by Gasteiger charge is 2.24. The van der Waals surface area contributed by atoms with Crippen molar-refractivity contribution < 1.29 is 18.8 Å². The van der Waals surface area contributed by atoms with E-state index in [2.05, 4.69) is 20.9 Å². The van der Waals surface area contributed by atoms with Gasteiger partial charge in [0.1, 0.15) is 16.8 Å². The molecule has 3 amide bonds. The monoisotopic (exact) mass is 752 g/mol. The predicted octanol–water partition coefficient (Wildman–Crippen LogP) is 10.1. The van der Waals surface area contributed by atoms with Gasteiger partial charge in [0.25, 0.3) is 11.8 Å². The van der Waals surface area contributed by atoms with Crippen LogP contribution in [0, 0.1) is 5.82 Å². The van der Waals surface area contributed by atoms with E-state index in [0.29, 0.717) is 27.1 Å². The maximum atomic E-state index is 14.7. The van der Waals surface area contributed by atoms with Crippen molar-refractivity contribution in [2.75, 3.05) is 10.6 Å². The fourth-order valence-corrected chi connectivity index (χ4v) is 7.07. The van der Waals surface area contributed by atoms with Gasteiger partial charge in [0.15, 0.2) is 5.13 Å². The number of carbonyl (C=O) groups excluding carboxylic acids is 3. The zero-order valence-corrected chi connectivity index (χ0v) is 29.6. The van der Waals surface area contributed by atoms with E-state index in [9.17, 15) is 18.8 Å². The standard InChI is InChI=1S/C39H27Cl2FN4O3S2/c40-30-15-8-7-14-28(30)34-23-50-39(45-34)46-38(49)35(24-10-3-1-4-11-24)51-27-20-18-26(19-21-27)43-37(48)33(22-29-31(41)16-9-17-32(29)42)44-36(47)25-12-5-2-6-13-25/h1-23,35H,(H,43,48)(H,44,47)(H,45,46,49)/b33-22-. The number of rotatable bonds is 11. The highest BCUT2D eigenvalue weighted by atomic mass is 35.5. The first kappa shape index (κ1) is 35.6. The SMILES string of the molecule is O=C(Nc1ccc(SC(C(=O)Nc2nc(-c3ccccc3Cl)cs2)c2ccccc2)cc1)/C(=C/c1c(F)cccc1Cl)NC(=O)c1ccccc1. The fraction of sp³-hybridized carbons (Fsp3) is 0.0256. The van der Waals surface area contributed by atoms with Gasteiger partial charge in [-0.05, 0) is 66.2 Å². The molecule has 0 radical (unpaired) electrons. The van der Waals surface area contributed by atoms with Crippen LogP contribution in [0.3, 0.4) is 0 Å². The van der Waals surface area contributed by atoms with Crippen LogP contribution in [0.5, 0.6) is 0 Å². The predicted molar refractivity (Wildman–Crippen MR) is 205 cm³/mol. The van der Waals surface area contributed by atoms with E-state index >= 15 is 0 Å². The average molecular weight is 754 g/mol. The van der Waals surface area contributed by atoms with Gasteiger partial charge >= 0.3 is 0 Å². The molecule has 1 heterocycles. The average Bonchev–Trinajstić information content (AvgIpc) is 3.61. The second kappa shape index (κ2) is 16.6. The third-order valence-electron chi connectivity index (χ3n) is 7.41. The summed E-state index contributed by atoms with van der Waals surface area (Å²) in [7, 11) is 0. The number of nitrogens with one attached hydrogen (secondary N) is 3. The van der Waals surface area contributed by atoms with Crippen LogP contribution in [0.2, 0.25) is 10.0 Å². The van der Waals surface area contributed by atoms with Crippen LogP contribution in [-0.2, 0) is 9.59 Å². The van der Waals surface area contributed by atoms with E-state index in [1.54, 1.807) is 60.7 Å². The van der Waals surface area contributed by atoms with Crippen LogP contribution in [0.25, 0.3) is 17.3 Å². The molecule has 0 saturated carbocycles. The zero-order chi connectivity index (χ0) is 35.7. The minimum absolute atomic E-state index is 0.0486. The molecule has 51 heavy (non-hydrogen) atoms. The van der Waals surface area contributed by atoms with Crippen molar-refractivity contribution in [3.05, 3.63) is 171 Å².